The highest BCUT2D eigenvalue weighted by atomic mass is 35.5. The number of rotatable bonds is 6. The molecule has 1 aromatic rings. The van der Waals surface area contributed by atoms with E-state index in [1.807, 2.05) is 19.1 Å². The van der Waals surface area contributed by atoms with Gasteiger partial charge in [-0.05, 0) is 49.4 Å². The minimum absolute atomic E-state index is 0.204. The molecule has 0 aromatic heterocycles. The summed E-state index contributed by atoms with van der Waals surface area (Å²) in [5, 5.41) is 3.62. The average Bonchev–Trinajstić information content (AvgIpc) is 2.82. The first kappa shape index (κ1) is 15.6. The molecule has 1 fully saturated rings. The summed E-state index contributed by atoms with van der Waals surface area (Å²) in [4.78, 5) is 0.404. The summed E-state index contributed by atoms with van der Waals surface area (Å²) in [5.74, 6) is 0.718. The standard InChI is InChI=1S/C15H22ClNO2S/c1-2-10-20(18,19)14-8-6-13(7-9-14)17-11-12-4-3-5-15(12)16/h6-9,12,15,17H,2-5,10-11H2,1H3. The summed E-state index contributed by atoms with van der Waals surface area (Å²) in [6.45, 7) is 2.73. The molecular formula is C15H22ClNO2S. The molecule has 0 radical (unpaired) electrons. The molecule has 0 amide bonds. The van der Waals surface area contributed by atoms with Gasteiger partial charge in [0.15, 0.2) is 9.84 Å². The van der Waals surface area contributed by atoms with Crippen LogP contribution in [0.2, 0.25) is 0 Å². The van der Waals surface area contributed by atoms with Crippen LogP contribution in [0.3, 0.4) is 0 Å². The number of halogens is 1. The number of benzene rings is 1. The first-order chi connectivity index (χ1) is 9.53. The van der Waals surface area contributed by atoms with Crippen LogP contribution in [0.4, 0.5) is 5.69 Å². The monoisotopic (exact) mass is 315 g/mol. The molecule has 0 aliphatic heterocycles. The average molecular weight is 316 g/mol. The fourth-order valence-electron chi connectivity index (χ4n) is 2.64. The Morgan fingerprint density at radius 1 is 1.25 bits per heavy atom. The van der Waals surface area contributed by atoms with Crippen molar-refractivity contribution in [3.63, 3.8) is 0 Å². The quantitative estimate of drug-likeness (QED) is 0.814. The third-order valence-electron chi connectivity index (χ3n) is 3.82. The Balaban J connectivity index is 1.95. The Morgan fingerprint density at radius 2 is 1.95 bits per heavy atom. The molecule has 5 heteroatoms. The predicted octanol–water partition coefficient (Wildman–Crippen LogP) is 3.69. The van der Waals surface area contributed by atoms with Gasteiger partial charge in [-0.25, -0.2) is 8.42 Å². The van der Waals surface area contributed by atoms with E-state index in [1.54, 1.807) is 12.1 Å². The van der Waals surface area contributed by atoms with Gasteiger partial charge in [0.1, 0.15) is 0 Å². The van der Waals surface area contributed by atoms with Crippen LogP contribution in [0.5, 0.6) is 0 Å². The summed E-state index contributed by atoms with van der Waals surface area (Å²) < 4.78 is 23.8. The lowest BCUT2D eigenvalue weighted by Gasteiger charge is -2.15. The SMILES string of the molecule is CCCS(=O)(=O)c1ccc(NCC2CCCC2Cl)cc1. The first-order valence-corrected chi connectivity index (χ1v) is 9.32. The van der Waals surface area contributed by atoms with Crippen LogP contribution in [0.15, 0.2) is 29.2 Å². The second-order valence-electron chi connectivity index (χ2n) is 5.43. The second kappa shape index (κ2) is 6.81. The van der Waals surface area contributed by atoms with Crippen LogP contribution in [-0.4, -0.2) is 26.1 Å². The molecule has 1 aliphatic carbocycles. The molecule has 0 heterocycles. The molecule has 0 spiro atoms. The fraction of sp³-hybridized carbons (Fsp3) is 0.600. The van der Waals surface area contributed by atoms with Gasteiger partial charge in [0.05, 0.1) is 10.6 Å². The topological polar surface area (TPSA) is 46.2 Å². The summed E-state index contributed by atoms with van der Waals surface area (Å²) in [6.07, 6.45) is 4.11. The zero-order valence-corrected chi connectivity index (χ0v) is 13.4. The van der Waals surface area contributed by atoms with Gasteiger partial charge >= 0.3 is 0 Å². The van der Waals surface area contributed by atoms with Crippen molar-refractivity contribution in [1.29, 1.82) is 0 Å². The molecular weight excluding hydrogens is 294 g/mol. The summed E-state index contributed by atoms with van der Waals surface area (Å²) >= 11 is 6.24. The number of hydrogen-bond acceptors (Lipinski definition) is 3. The van der Waals surface area contributed by atoms with Crippen LogP contribution in [-0.2, 0) is 9.84 Å². The zero-order chi connectivity index (χ0) is 14.6. The van der Waals surface area contributed by atoms with Crippen LogP contribution < -0.4 is 5.32 Å². The second-order valence-corrected chi connectivity index (χ2v) is 8.10. The van der Waals surface area contributed by atoms with E-state index in [-0.39, 0.29) is 11.1 Å². The largest absolute Gasteiger partial charge is 0.385 e. The zero-order valence-electron chi connectivity index (χ0n) is 11.8. The Labute approximate surface area is 126 Å². The lowest BCUT2D eigenvalue weighted by atomic mass is 10.1. The van der Waals surface area contributed by atoms with Crippen LogP contribution in [0.25, 0.3) is 0 Å². The van der Waals surface area contributed by atoms with Gasteiger partial charge in [-0.2, -0.15) is 0 Å². The number of nitrogens with one attached hydrogen (secondary N) is 1. The molecule has 1 aromatic carbocycles. The van der Waals surface area contributed by atoms with Crippen molar-refractivity contribution in [3.05, 3.63) is 24.3 Å². The normalized spacial score (nSPS) is 22.9. The van der Waals surface area contributed by atoms with Crippen molar-refractivity contribution in [3.8, 4) is 0 Å². The van der Waals surface area contributed by atoms with Gasteiger partial charge in [0.2, 0.25) is 0 Å². The summed E-state index contributed by atoms with van der Waals surface area (Å²) in [6, 6.07) is 7.03. The molecule has 0 bridgehead atoms. The number of anilines is 1. The molecule has 2 unspecified atom stereocenters. The molecule has 2 rings (SSSR count). The third kappa shape index (κ3) is 3.89. The molecule has 1 N–H and O–H groups in total. The number of alkyl halides is 1. The lowest BCUT2D eigenvalue weighted by molar-refractivity contribution is 0.586. The van der Waals surface area contributed by atoms with Gasteiger partial charge in [-0.3, -0.25) is 0 Å². The van der Waals surface area contributed by atoms with E-state index in [2.05, 4.69) is 5.32 Å². The van der Waals surface area contributed by atoms with Crippen molar-refractivity contribution in [2.45, 2.75) is 42.9 Å². The van der Waals surface area contributed by atoms with E-state index >= 15 is 0 Å². The van der Waals surface area contributed by atoms with Crippen LogP contribution >= 0.6 is 11.6 Å². The summed E-state index contributed by atoms with van der Waals surface area (Å²) in [7, 11) is -3.12. The minimum atomic E-state index is -3.12. The van der Waals surface area contributed by atoms with Crippen molar-refractivity contribution >= 4 is 27.1 Å². The van der Waals surface area contributed by atoms with Gasteiger partial charge in [0.25, 0.3) is 0 Å². The molecule has 2 atom stereocenters. The number of sulfone groups is 1. The van der Waals surface area contributed by atoms with Crippen molar-refractivity contribution in [2.75, 3.05) is 17.6 Å². The van der Waals surface area contributed by atoms with Crippen molar-refractivity contribution < 1.29 is 8.42 Å². The first-order valence-electron chi connectivity index (χ1n) is 7.23. The van der Waals surface area contributed by atoms with Crippen molar-refractivity contribution in [1.82, 2.24) is 0 Å². The maximum atomic E-state index is 11.9. The van der Waals surface area contributed by atoms with E-state index in [1.165, 1.54) is 12.8 Å². The Hall–Kier alpha value is -0.740. The molecule has 1 saturated carbocycles. The Morgan fingerprint density at radius 3 is 2.50 bits per heavy atom. The Kier molecular flexibility index (Phi) is 5.33. The van der Waals surface area contributed by atoms with Gasteiger partial charge in [-0.1, -0.05) is 13.3 Å². The summed E-state index contributed by atoms with van der Waals surface area (Å²) in [5.41, 5.74) is 0.955. The Bertz CT molecular complexity index is 527. The van der Waals surface area contributed by atoms with E-state index in [0.717, 1.165) is 18.7 Å². The van der Waals surface area contributed by atoms with Gasteiger partial charge < -0.3 is 5.32 Å². The number of hydrogen-bond donors (Lipinski definition) is 1. The van der Waals surface area contributed by atoms with Gasteiger partial charge in [-0.15, -0.1) is 11.6 Å². The minimum Gasteiger partial charge on any atom is -0.385 e. The smallest absolute Gasteiger partial charge is 0.178 e. The molecule has 1 aliphatic rings. The van der Waals surface area contributed by atoms with E-state index in [4.69, 9.17) is 11.6 Å². The third-order valence-corrected chi connectivity index (χ3v) is 6.33. The van der Waals surface area contributed by atoms with Crippen LogP contribution in [0, 0.1) is 5.92 Å². The highest BCUT2D eigenvalue weighted by Gasteiger charge is 2.24. The van der Waals surface area contributed by atoms with E-state index in [9.17, 15) is 8.42 Å². The highest BCUT2D eigenvalue weighted by molar-refractivity contribution is 7.91. The lowest BCUT2D eigenvalue weighted by Crippen LogP contribution is -2.18. The van der Waals surface area contributed by atoms with Gasteiger partial charge in [0, 0.05) is 17.6 Å². The van der Waals surface area contributed by atoms with E-state index < -0.39 is 9.84 Å². The maximum absolute atomic E-state index is 11.9. The highest BCUT2D eigenvalue weighted by Crippen LogP contribution is 2.30. The van der Waals surface area contributed by atoms with E-state index in [0.29, 0.717) is 17.2 Å². The molecule has 20 heavy (non-hydrogen) atoms. The molecule has 0 saturated heterocycles. The predicted molar refractivity (Wildman–Crippen MR) is 84.3 cm³/mol. The van der Waals surface area contributed by atoms with Crippen LogP contribution in [0.1, 0.15) is 32.6 Å². The maximum Gasteiger partial charge on any atom is 0.178 e. The fourth-order valence-corrected chi connectivity index (χ4v) is 4.33. The molecule has 3 nitrogen and oxygen atoms in total. The van der Waals surface area contributed by atoms with Crippen molar-refractivity contribution in [2.24, 2.45) is 5.92 Å². The molecule has 112 valence electrons.